The van der Waals surface area contributed by atoms with Crippen molar-refractivity contribution in [2.45, 2.75) is 6.92 Å². The first-order chi connectivity index (χ1) is 5.84. The first-order valence-electron chi connectivity index (χ1n) is 3.56. The summed E-state index contributed by atoms with van der Waals surface area (Å²) in [5.74, 6) is 0. The Balaban J connectivity index is 0.000000252. The van der Waals surface area contributed by atoms with E-state index < -0.39 is 5.61 Å². The molecule has 1 aliphatic rings. The van der Waals surface area contributed by atoms with Crippen LogP contribution < -0.4 is 0 Å². The third-order valence-corrected chi connectivity index (χ3v) is 1.41. The van der Waals surface area contributed by atoms with Crippen molar-refractivity contribution in [2.24, 2.45) is 0 Å². The van der Waals surface area contributed by atoms with Crippen molar-refractivity contribution in [1.82, 2.24) is 10.0 Å². The van der Waals surface area contributed by atoms with Gasteiger partial charge in [0.15, 0.2) is 0 Å². The fourth-order valence-electron chi connectivity index (χ4n) is 0.887. The molecule has 7 heteroatoms. The Morgan fingerprint density at radius 3 is 1.92 bits per heavy atom. The van der Waals surface area contributed by atoms with Gasteiger partial charge in [0.05, 0.1) is 0 Å². The van der Waals surface area contributed by atoms with Gasteiger partial charge in [-0.15, -0.1) is 0 Å². The molecule has 0 saturated carbocycles. The van der Waals surface area contributed by atoms with Gasteiger partial charge >= 0.3 is 62.1 Å². The van der Waals surface area contributed by atoms with Crippen molar-refractivity contribution in [3.63, 3.8) is 0 Å². The fraction of sp³-hybridized carbons (Fsp3) is 0.667. The summed E-state index contributed by atoms with van der Waals surface area (Å²) < 4.78 is 0. The van der Waals surface area contributed by atoms with Gasteiger partial charge in [0.2, 0.25) is 0 Å². The van der Waals surface area contributed by atoms with Crippen LogP contribution in [0.5, 0.6) is 0 Å². The van der Waals surface area contributed by atoms with Crippen LogP contribution in [0.15, 0.2) is 12.3 Å². The Morgan fingerprint density at radius 2 is 1.77 bits per heavy atom. The summed E-state index contributed by atoms with van der Waals surface area (Å²) in [5, 5.41) is 4.36. The molecule has 0 spiro atoms. The Labute approximate surface area is 110 Å². The molecule has 1 aliphatic heterocycles. The van der Waals surface area contributed by atoms with E-state index in [0.717, 1.165) is 13.1 Å². The summed E-state index contributed by atoms with van der Waals surface area (Å²) in [6.07, 6.45) is 4.27. The molecule has 0 fully saturated rings. The van der Waals surface area contributed by atoms with E-state index in [4.69, 9.17) is 0 Å². The Kier molecular flexibility index (Phi) is 8.33. The minimum atomic E-state index is -1.38. The number of halogens is 4. The molecule has 0 amide bonds. The van der Waals surface area contributed by atoms with Crippen molar-refractivity contribution in [3.05, 3.63) is 12.3 Å². The minimum absolute atomic E-state index is 1.06. The van der Waals surface area contributed by atoms with Crippen LogP contribution in [-0.2, 0) is 5.61 Å². The van der Waals surface area contributed by atoms with Crippen LogP contribution in [0, 0.1) is 0 Å². The molecule has 1 rings (SSSR count). The van der Waals surface area contributed by atoms with Crippen molar-refractivity contribution >= 4 is 56.4 Å². The molecule has 0 N–H and O–H groups in total. The molecule has 0 unspecified atom stereocenters. The SMILES string of the molecule is CCN1C=CCN1C.[Br][Mn]([Br])([Br])[Br]. The van der Waals surface area contributed by atoms with Crippen molar-refractivity contribution < 1.29 is 5.61 Å². The van der Waals surface area contributed by atoms with Crippen LogP contribution in [0.25, 0.3) is 0 Å². The van der Waals surface area contributed by atoms with Gasteiger partial charge in [0.1, 0.15) is 0 Å². The molecule has 0 aromatic heterocycles. The van der Waals surface area contributed by atoms with E-state index in [2.05, 4.69) is 92.7 Å². The van der Waals surface area contributed by atoms with Gasteiger partial charge < -0.3 is 5.01 Å². The van der Waals surface area contributed by atoms with Crippen LogP contribution >= 0.6 is 56.4 Å². The van der Waals surface area contributed by atoms with Gasteiger partial charge in [-0.3, -0.25) is 0 Å². The average molecular weight is 487 g/mol. The molecule has 2 nitrogen and oxygen atoms in total. The topological polar surface area (TPSA) is 6.48 Å². The zero-order chi connectivity index (χ0) is 10.5. The fourth-order valence-corrected chi connectivity index (χ4v) is 0.887. The van der Waals surface area contributed by atoms with Crippen LogP contribution in [0.1, 0.15) is 6.92 Å². The summed E-state index contributed by atoms with van der Waals surface area (Å²) in [6, 6.07) is 0. The maximum absolute atomic E-state index is 3.27. The van der Waals surface area contributed by atoms with Crippen molar-refractivity contribution in [1.29, 1.82) is 0 Å². The molecule has 13 heavy (non-hydrogen) atoms. The summed E-state index contributed by atoms with van der Waals surface area (Å²) in [5.41, 5.74) is -1.38. The second-order valence-corrected chi connectivity index (χ2v) is 38.0. The number of hydrazine groups is 1. The van der Waals surface area contributed by atoms with E-state index in [1.54, 1.807) is 0 Å². The van der Waals surface area contributed by atoms with Crippen LogP contribution in [-0.4, -0.2) is 30.2 Å². The molecule has 0 aliphatic carbocycles. The number of hydrogen-bond acceptors (Lipinski definition) is 2. The third-order valence-electron chi connectivity index (χ3n) is 1.41. The normalized spacial score (nSPS) is 18.5. The van der Waals surface area contributed by atoms with Gasteiger partial charge in [-0.25, -0.2) is 5.01 Å². The van der Waals surface area contributed by atoms with Gasteiger partial charge in [-0.2, -0.15) is 0 Å². The van der Waals surface area contributed by atoms with Crippen LogP contribution in [0.4, 0.5) is 0 Å². The van der Waals surface area contributed by atoms with Crippen LogP contribution in [0.2, 0.25) is 0 Å². The quantitative estimate of drug-likeness (QED) is 0.516. The number of nitrogens with zero attached hydrogens (tertiary/aromatic N) is 2. The van der Waals surface area contributed by atoms with E-state index in [1.807, 2.05) is 0 Å². The van der Waals surface area contributed by atoms with Gasteiger partial charge in [0, 0.05) is 26.3 Å². The molecular weight excluding hydrogens is 475 g/mol. The number of rotatable bonds is 1. The summed E-state index contributed by atoms with van der Waals surface area (Å²) in [6.45, 7) is 4.28. The van der Waals surface area contributed by atoms with E-state index in [-0.39, 0.29) is 0 Å². The molecule has 0 atom stereocenters. The number of likely N-dealkylation sites (N-methyl/N-ethyl adjacent to an activating group) is 1. The average Bonchev–Trinajstić information content (AvgIpc) is 2.31. The van der Waals surface area contributed by atoms with E-state index >= 15 is 0 Å². The Morgan fingerprint density at radius 1 is 1.31 bits per heavy atom. The van der Waals surface area contributed by atoms with Gasteiger partial charge in [-0.1, -0.05) is 6.08 Å². The van der Waals surface area contributed by atoms with Gasteiger partial charge in [0.25, 0.3) is 0 Å². The predicted molar refractivity (Wildman–Crippen MR) is 69.9 cm³/mol. The first-order valence-corrected chi connectivity index (χ1v) is 15.2. The Bertz CT molecular complexity index is 165. The molecule has 0 aromatic carbocycles. The summed E-state index contributed by atoms with van der Waals surface area (Å²) >= 11 is 13.1. The van der Waals surface area contributed by atoms with Crippen LogP contribution in [0.3, 0.4) is 0 Å². The molecule has 0 radical (unpaired) electrons. The molecule has 0 bridgehead atoms. The predicted octanol–water partition coefficient (Wildman–Crippen LogP) is 4.06. The molecule has 81 valence electrons. The molecular formula is C6H12Br4MnN2. The summed E-state index contributed by atoms with van der Waals surface area (Å²) in [4.78, 5) is 0. The Hall–Kier alpha value is 1.94. The summed E-state index contributed by atoms with van der Waals surface area (Å²) in [7, 11) is 2.09. The first kappa shape index (κ1) is 14.9. The molecule has 0 saturated heterocycles. The van der Waals surface area contributed by atoms with Crippen molar-refractivity contribution in [3.8, 4) is 0 Å². The molecule has 0 aromatic rings. The standard InChI is InChI=1S/C6H12N2.4BrH.Mn/c1-3-8-6-4-5-7(8)2;;;;;/h4,6H,3,5H2,1-2H3;4*1H;/q;;;;;+4/p-4. The van der Waals surface area contributed by atoms with E-state index in [0.29, 0.717) is 0 Å². The van der Waals surface area contributed by atoms with Gasteiger partial charge in [-0.05, 0) is 6.92 Å². The zero-order valence-electron chi connectivity index (χ0n) is 7.35. The van der Waals surface area contributed by atoms with E-state index in [9.17, 15) is 0 Å². The van der Waals surface area contributed by atoms with E-state index in [1.165, 1.54) is 0 Å². The number of hydrogen-bond donors (Lipinski definition) is 0. The molecule has 1 heterocycles. The second-order valence-electron chi connectivity index (χ2n) is 2.30. The van der Waals surface area contributed by atoms with Crippen molar-refractivity contribution in [2.75, 3.05) is 20.1 Å². The third kappa shape index (κ3) is 10.2. The monoisotopic (exact) mass is 483 g/mol. The maximum atomic E-state index is 3.27. The zero-order valence-corrected chi connectivity index (χ0v) is 14.9. The second kappa shape index (κ2) is 7.25.